The normalized spacial score (nSPS) is 11.2. The van der Waals surface area contributed by atoms with E-state index in [1.807, 2.05) is 72.8 Å². The smallest absolute Gasteiger partial charge is 0.258 e. The Kier molecular flexibility index (Phi) is 5.55. The van der Waals surface area contributed by atoms with Crippen molar-refractivity contribution >= 4 is 0 Å². The second-order valence-corrected chi connectivity index (χ2v) is 8.86. The highest BCUT2D eigenvalue weighted by molar-refractivity contribution is 5.70. The molecule has 0 aliphatic rings. The van der Waals surface area contributed by atoms with E-state index in [0.29, 0.717) is 46.9 Å². The molecule has 0 aliphatic heterocycles. The standard InChI is InChI=1S/C28H18N8O4/c1-15-29-23(33-37-15)19-8-4-10-21(13-19)27-31-25(35-39-27)17-6-3-7-18(12-17)26-32-28(40-36-26)22-11-5-9-20(14-22)24-30-16(2)38-34-24/h3-14H,1-2H3. The van der Waals surface area contributed by atoms with E-state index < -0.39 is 0 Å². The highest BCUT2D eigenvalue weighted by Crippen LogP contribution is 2.29. The number of benzene rings is 3. The van der Waals surface area contributed by atoms with E-state index in [0.717, 1.165) is 33.4 Å². The maximum absolute atomic E-state index is 5.57. The lowest BCUT2D eigenvalue weighted by Gasteiger charge is -1.99. The van der Waals surface area contributed by atoms with Gasteiger partial charge in [-0.05, 0) is 30.3 Å². The summed E-state index contributed by atoms with van der Waals surface area (Å²) in [5.41, 5.74) is 4.49. The fourth-order valence-electron chi connectivity index (χ4n) is 4.13. The van der Waals surface area contributed by atoms with Crippen LogP contribution in [0.3, 0.4) is 0 Å². The first-order valence-corrected chi connectivity index (χ1v) is 12.2. The van der Waals surface area contributed by atoms with E-state index in [1.54, 1.807) is 13.8 Å². The fourth-order valence-corrected chi connectivity index (χ4v) is 4.13. The van der Waals surface area contributed by atoms with Gasteiger partial charge in [-0.1, -0.05) is 63.1 Å². The van der Waals surface area contributed by atoms with E-state index in [4.69, 9.17) is 18.1 Å². The summed E-state index contributed by atoms with van der Waals surface area (Å²) in [5.74, 6) is 3.52. The van der Waals surface area contributed by atoms with Crippen LogP contribution in [0.5, 0.6) is 0 Å². The molecule has 7 aromatic rings. The van der Waals surface area contributed by atoms with Gasteiger partial charge < -0.3 is 18.1 Å². The summed E-state index contributed by atoms with van der Waals surface area (Å²) in [7, 11) is 0. The number of aryl methyl sites for hydroxylation is 2. The van der Waals surface area contributed by atoms with Gasteiger partial charge in [0.1, 0.15) is 0 Å². The summed E-state index contributed by atoms with van der Waals surface area (Å²) >= 11 is 0. The first-order valence-electron chi connectivity index (χ1n) is 12.2. The van der Waals surface area contributed by atoms with E-state index in [9.17, 15) is 0 Å². The minimum atomic E-state index is 0.362. The van der Waals surface area contributed by atoms with Crippen molar-refractivity contribution in [2.75, 3.05) is 0 Å². The Morgan fingerprint density at radius 3 is 1.10 bits per heavy atom. The second kappa shape index (κ2) is 9.51. The van der Waals surface area contributed by atoms with E-state index in [-0.39, 0.29) is 0 Å². The van der Waals surface area contributed by atoms with Crippen molar-refractivity contribution in [3.8, 4) is 68.5 Å². The van der Waals surface area contributed by atoms with Crippen molar-refractivity contribution in [1.29, 1.82) is 0 Å². The van der Waals surface area contributed by atoms with E-state index in [1.165, 1.54) is 0 Å². The van der Waals surface area contributed by atoms with Crippen LogP contribution < -0.4 is 0 Å². The Labute approximate surface area is 225 Å². The van der Waals surface area contributed by atoms with Crippen molar-refractivity contribution < 1.29 is 18.1 Å². The van der Waals surface area contributed by atoms with Crippen molar-refractivity contribution in [3.63, 3.8) is 0 Å². The molecule has 4 heterocycles. The molecule has 0 spiro atoms. The van der Waals surface area contributed by atoms with Crippen LogP contribution in [0, 0.1) is 13.8 Å². The lowest BCUT2D eigenvalue weighted by Crippen LogP contribution is -1.86. The molecule has 0 saturated heterocycles. The van der Waals surface area contributed by atoms with Gasteiger partial charge in [0.25, 0.3) is 11.8 Å². The third kappa shape index (κ3) is 4.43. The molecule has 0 radical (unpaired) electrons. The molecule has 0 N–H and O–H groups in total. The average Bonchev–Trinajstić information content (AvgIpc) is 3.81. The lowest BCUT2D eigenvalue weighted by atomic mass is 10.1. The molecule has 40 heavy (non-hydrogen) atoms. The van der Waals surface area contributed by atoms with Crippen LogP contribution in [0.1, 0.15) is 11.8 Å². The van der Waals surface area contributed by atoms with Gasteiger partial charge in [0.2, 0.25) is 35.1 Å². The Morgan fingerprint density at radius 2 is 0.725 bits per heavy atom. The molecule has 0 unspecified atom stereocenters. The maximum Gasteiger partial charge on any atom is 0.258 e. The summed E-state index contributed by atoms with van der Waals surface area (Å²) in [6.07, 6.45) is 0. The molecule has 7 rings (SSSR count). The van der Waals surface area contributed by atoms with E-state index in [2.05, 4.69) is 40.6 Å². The number of aromatic nitrogens is 8. The number of rotatable bonds is 6. The van der Waals surface area contributed by atoms with Gasteiger partial charge in [-0.15, -0.1) is 0 Å². The third-order valence-corrected chi connectivity index (χ3v) is 6.02. The van der Waals surface area contributed by atoms with Gasteiger partial charge in [-0.3, -0.25) is 0 Å². The van der Waals surface area contributed by atoms with Crippen LogP contribution >= 0.6 is 0 Å². The Bertz CT molecular complexity index is 1830. The molecule has 194 valence electrons. The number of hydrogen-bond donors (Lipinski definition) is 0. The SMILES string of the molecule is Cc1nc(-c2cccc(-c3nc(-c4cccc(-c5noc(-c6cccc(-c7noc(C)n7)c6)n5)c4)no3)c2)no1. The van der Waals surface area contributed by atoms with Crippen LogP contribution in [-0.2, 0) is 0 Å². The van der Waals surface area contributed by atoms with Gasteiger partial charge in [-0.2, -0.15) is 19.9 Å². The molecule has 0 bridgehead atoms. The third-order valence-electron chi connectivity index (χ3n) is 6.02. The van der Waals surface area contributed by atoms with Gasteiger partial charge in [0.15, 0.2) is 0 Å². The first kappa shape index (κ1) is 23.3. The molecular weight excluding hydrogens is 512 g/mol. The molecule has 0 fully saturated rings. The summed E-state index contributed by atoms with van der Waals surface area (Å²) < 4.78 is 21.3. The number of hydrogen-bond acceptors (Lipinski definition) is 12. The monoisotopic (exact) mass is 530 g/mol. The Morgan fingerprint density at radius 1 is 0.400 bits per heavy atom. The van der Waals surface area contributed by atoms with Crippen LogP contribution in [0.25, 0.3) is 68.5 Å². The van der Waals surface area contributed by atoms with Gasteiger partial charge >= 0.3 is 0 Å². The first-order chi connectivity index (χ1) is 19.6. The predicted molar refractivity (Wildman–Crippen MR) is 140 cm³/mol. The molecule has 0 atom stereocenters. The predicted octanol–water partition coefficient (Wildman–Crippen LogP) is 5.84. The molecule has 12 nitrogen and oxygen atoms in total. The molecule has 4 aromatic heterocycles. The molecule has 0 saturated carbocycles. The zero-order valence-electron chi connectivity index (χ0n) is 21.1. The fraction of sp³-hybridized carbons (Fsp3) is 0.0714. The minimum Gasteiger partial charge on any atom is -0.339 e. The average molecular weight is 531 g/mol. The topological polar surface area (TPSA) is 156 Å². The van der Waals surface area contributed by atoms with Crippen LogP contribution in [-0.4, -0.2) is 40.6 Å². The van der Waals surface area contributed by atoms with Gasteiger partial charge in [0, 0.05) is 47.2 Å². The van der Waals surface area contributed by atoms with Crippen molar-refractivity contribution in [1.82, 2.24) is 40.6 Å². The molecule has 0 amide bonds. The van der Waals surface area contributed by atoms with Crippen molar-refractivity contribution in [2.24, 2.45) is 0 Å². The largest absolute Gasteiger partial charge is 0.339 e. The molecule has 3 aromatic carbocycles. The number of nitrogens with zero attached hydrogens (tertiary/aromatic N) is 8. The zero-order valence-corrected chi connectivity index (χ0v) is 21.1. The van der Waals surface area contributed by atoms with Crippen LogP contribution in [0.4, 0.5) is 0 Å². The van der Waals surface area contributed by atoms with Gasteiger partial charge in [0.05, 0.1) is 0 Å². The van der Waals surface area contributed by atoms with Crippen molar-refractivity contribution in [3.05, 3.63) is 84.6 Å². The summed E-state index contributed by atoms with van der Waals surface area (Å²) in [5, 5.41) is 16.3. The Balaban J connectivity index is 1.15. The van der Waals surface area contributed by atoms with E-state index >= 15 is 0 Å². The van der Waals surface area contributed by atoms with Crippen LogP contribution in [0.2, 0.25) is 0 Å². The molecule has 0 aliphatic carbocycles. The molecular formula is C28H18N8O4. The van der Waals surface area contributed by atoms with Crippen molar-refractivity contribution in [2.45, 2.75) is 13.8 Å². The highest BCUT2D eigenvalue weighted by atomic mass is 16.5. The lowest BCUT2D eigenvalue weighted by molar-refractivity contribution is 0.394. The highest BCUT2D eigenvalue weighted by Gasteiger charge is 2.16. The Hall–Kier alpha value is -5.78. The quantitative estimate of drug-likeness (QED) is 0.253. The minimum absolute atomic E-state index is 0.362. The summed E-state index contributed by atoms with van der Waals surface area (Å²) in [6, 6.07) is 22.5. The van der Waals surface area contributed by atoms with Gasteiger partial charge in [-0.25, -0.2) is 0 Å². The second-order valence-electron chi connectivity index (χ2n) is 8.86. The maximum atomic E-state index is 5.57. The summed E-state index contributed by atoms with van der Waals surface area (Å²) in [6.45, 7) is 3.48. The molecule has 12 heteroatoms. The zero-order chi connectivity index (χ0) is 27.1. The summed E-state index contributed by atoms with van der Waals surface area (Å²) in [4.78, 5) is 17.7. The van der Waals surface area contributed by atoms with Crippen LogP contribution in [0.15, 0.2) is 90.9 Å².